The molecule has 2 aromatic carbocycles. The lowest BCUT2D eigenvalue weighted by atomic mass is 10.0. The van der Waals surface area contributed by atoms with Gasteiger partial charge in [0.25, 0.3) is 0 Å². The van der Waals surface area contributed by atoms with Crippen molar-refractivity contribution in [3.63, 3.8) is 0 Å². The number of amides is 2. The van der Waals surface area contributed by atoms with Gasteiger partial charge in [-0.05, 0) is 36.1 Å². The Morgan fingerprint density at radius 3 is 2.04 bits per heavy atom. The second-order valence-electron chi connectivity index (χ2n) is 7.32. The molecule has 1 atom stereocenters. The molecule has 1 fully saturated rings. The van der Waals surface area contributed by atoms with E-state index in [1.165, 1.54) is 11.1 Å². The Labute approximate surface area is 156 Å². The van der Waals surface area contributed by atoms with Gasteiger partial charge in [0.1, 0.15) is 0 Å². The number of anilines is 1. The van der Waals surface area contributed by atoms with E-state index in [1.54, 1.807) is 0 Å². The predicted molar refractivity (Wildman–Crippen MR) is 108 cm³/mol. The van der Waals surface area contributed by atoms with Crippen LogP contribution in [0.4, 0.5) is 10.5 Å². The molecule has 0 saturated carbocycles. The minimum absolute atomic E-state index is 0.00527. The normalized spacial score (nSPS) is 16.5. The molecule has 2 amide bonds. The van der Waals surface area contributed by atoms with Crippen LogP contribution < -0.4 is 5.32 Å². The van der Waals surface area contributed by atoms with Crippen molar-refractivity contribution in [3.8, 4) is 0 Å². The molecule has 0 spiro atoms. The summed E-state index contributed by atoms with van der Waals surface area (Å²) in [6.07, 6.45) is 0. The predicted octanol–water partition coefficient (Wildman–Crippen LogP) is 4.72. The lowest BCUT2D eigenvalue weighted by Gasteiger charge is -2.38. The summed E-state index contributed by atoms with van der Waals surface area (Å²) in [4.78, 5) is 16.9. The van der Waals surface area contributed by atoms with E-state index in [9.17, 15) is 4.79 Å². The van der Waals surface area contributed by atoms with Crippen molar-refractivity contribution in [2.75, 3.05) is 31.5 Å². The van der Waals surface area contributed by atoms with Crippen molar-refractivity contribution < 1.29 is 4.79 Å². The van der Waals surface area contributed by atoms with Gasteiger partial charge in [-0.1, -0.05) is 56.3 Å². The summed E-state index contributed by atoms with van der Waals surface area (Å²) in [6.45, 7) is 9.89. The molecule has 1 saturated heterocycles. The van der Waals surface area contributed by atoms with E-state index in [4.69, 9.17) is 0 Å². The smallest absolute Gasteiger partial charge is 0.321 e. The third-order valence-electron chi connectivity index (χ3n) is 5.26. The van der Waals surface area contributed by atoms with Crippen LogP contribution >= 0.6 is 0 Å². The molecule has 138 valence electrons. The first kappa shape index (κ1) is 18.5. The number of hydrogen-bond donors (Lipinski definition) is 1. The minimum atomic E-state index is -0.00527. The third-order valence-corrected chi connectivity index (χ3v) is 5.26. The Morgan fingerprint density at radius 1 is 0.846 bits per heavy atom. The van der Waals surface area contributed by atoms with Crippen LogP contribution in [0.5, 0.6) is 0 Å². The van der Waals surface area contributed by atoms with Crippen LogP contribution in [0.3, 0.4) is 0 Å². The first-order valence-electron chi connectivity index (χ1n) is 9.49. The first-order chi connectivity index (χ1) is 12.5. The van der Waals surface area contributed by atoms with Gasteiger partial charge in [0.15, 0.2) is 0 Å². The van der Waals surface area contributed by atoms with Gasteiger partial charge in [-0.25, -0.2) is 4.79 Å². The number of carbonyl (C=O) groups excluding carboxylic acids is 1. The van der Waals surface area contributed by atoms with Crippen LogP contribution in [-0.4, -0.2) is 42.0 Å². The molecule has 0 radical (unpaired) electrons. The lowest BCUT2D eigenvalue weighted by Crippen LogP contribution is -2.50. The number of nitrogens with zero attached hydrogens (tertiary/aromatic N) is 2. The van der Waals surface area contributed by atoms with E-state index >= 15 is 0 Å². The summed E-state index contributed by atoms with van der Waals surface area (Å²) in [5, 5.41) is 3.02. The molecule has 2 aromatic rings. The number of nitrogens with one attached hydrogen (secondary N) is 1. The molecular formula is C22H29N3O. The number of carbonyl (C=O) groups is 1. The third kappa shape index (κ3) is 4.44. The Kier molecular flexibility index (Phi) is 5.94. The Balaban J connectivity index is 1.52. The van der Waals surface area contributed by atoms with Crippen LogP contribution in [0.15, 0.2) is 54.6 Å². The van der Waals surface area contributed by atoms with Crippen LogP contribution in [0.25, 0.3) is 0 Å². The maximum Gasteiger partial charge on any atom is 0.321 e. The molecule has 0 aromatic heterocycles. The van der Waals surface area contributed by atoms with Crippen molar-refractivity contribution in [2.45, 2.75) is 32.7 Å². The van der Waals surface area contributed by atoms with Gasteiger partial charge >= 0.3 is 6.03 Å². The number of benzene rings is 2. The highest BCUT2D eigenvalue weighted by atomic mass is 16.2. The van der Waals surface area contributed by atoms with Crippen LogP contribution in [0, 0.1) is 0 Å². The molecule has 26 heavy (non-hydrogen) atoms. The van der Waals surface area contributed by atoms with Gasteiger partial charge in [-0.3, -0.25) is 4.90 Å². The standard InChI is InChI=1S/C22H29N3O/c1-17(2)19-9-11-21(12-10-19)23-22(26)25-15-13-24(14-16-25)18(3)20-7-5-4-6-8-20/h4-12,17-18H,13-16H2,1-3H3,(H,23,26). The van der Waals surface area contributed by atoms with Crippen LogP contribution in [0.1, 0.15) is 43.9 Å². The van der Waals surface area contributed by atoms with Crippen molar-refractivity contribution in [1.29, 1.82) is 0 Å². The zero-order chi connectivity index (χ0) is 18.5. The fraction of sp³-hybridized carbons (Fsp3) is 0.409. The molecule has 1 unspecified atom stereocenters. The number of hydrogen-bond acceptors (Lipinski definition) is 2. The van der Waals surface area contributed by atoms with Crippen LogP contribution in [0.2, 0.25) is 0 Å². The summed E-state index contributed by atoms with van der Waals surface area (Å²) in [6, 6.07) is 19.1. The molecule has 1 aliphatic heterocycles. The SMILES string of the molecule is CC(C)c1ccc(NC(=O)N2CCN(C(C)c3ccccc3)CC2)cc1. The molecule has 0 aliphatic carbocycles. The Morgan fingerprint density at radius 2 is 1.46 bits per heavy atom. The van der Waals surface area contributed by atoms with E-state index < -0.39 is 0 Å². The first-order valence-corrected chi connectivity index (χ1v) is 9.49. The van der Waals surface area contributed by atoms with Gasteiger partial charge in [0.05, 0.1) is 0 Å². The zero-order valence-corrected chi connectivity index (χ0v) is 16.0. The quantitative estimate of drug-likeness (QED) is 0.865. The fourth-order valence-electron chi connectivity index (χ4n) is 3.41. The van der Waals surface area contributed by atoms with Gasteiger partial charge in [0.2, 0.25) is 0 Å². The molecule has 1 heterocycles. The monoisotopic (exact) mass is 351 g/mol. The molecular weight excluding hydrogens is 322 g/mol. The van der Waals surface area contributed by atoms with Gasteiger partial charge in [-0.15, -0.1) is 0 Å². The largest absolute Gasteiger partial charge is 0.322 e. The molecule has 1 aliphatic rings. The highest BCUT2D eigenvalue weighted by Crippen LogP contribution is 2.22. The van der Waals surface area contributed by atoms with Gasteiger partial charge in [0, 0.05) is 37.9 Å². The molecule has 4 nitrogen and oxygen atoms in total. The van der Waals surface area contributed by atoms with Gasteiger partial charge < -0.3 is 10.2 Å². The second kappa shape index (κ2) is 8.37. The molecule has 4 heteroatoms. The van der Waals surface area contributed by atoms with E-state index in [2.05, 4.69) is 67.4 Å². The number of piperazine rings is 1. The second-order valence-corrected chi connectivity index (χ2v) is 7.32. The topological polar surface area (TPSA) is 35.6 Å². The lowest BCUT2D eigenvalue weighted by molar-refractivity contribution is 0.119. The average Bonchev–Trinajstić information content (AvgIpc) is 2.68. The molecule has 3 rings (SSSR count). The fourth-order valence-corrected chi connectivity index (χ4v) is 3.41. The van der Waals surface area contributed by atoms with E-state index in [0.29, 0.717) is 12.0 Å². The van der Waals surface area contributed by atoms with E-state index in [0.717, 1.165) is 31.9 Å². The molecule has 0 bridgehead atoms. The highest BCUT2D eigenvalue weighted by Gasteiger charge is 2.24. The number of rotatable bonds is 4. The summed E-state index contributed by atoms with van der Waals surface area (Å²) >= 11 is 0. The molecule has 1 N–H and O–H groups in total. The van der Waals surface area contributed by atoms with Crippen molar-refractivity contribution in [3.05, 3.63) is 65.7 Å². The zero-order valence-electron chi connectivity index (χ0n) is 16.0. The minimum Gasteiger partial charge on any atom is -0.322 e. The number of urea groups is 1. The maximum atomic E-state index is 12.5. The Hall–Kier alpha value is -2.33. The van der Waals surface area contributed by atoms with E-state index in [1.807, 2.05) is 23.1 Å². The van der Waals surface area contributed by atoms with Crippen LogP contribution in [-0.2, 0) is 0 Å². The van der Waals surface area contributed by atoms with E-state index in [-0.39, 0.29) is 6.03 Å². The van der Waals surface area contributed by atoms with Crippen molar-refractivity contribution in [1.82, 2.24) is 9.80 Å². The summed E-state index contributed by atoms with van der Waals surface area (Å²) in [5.41, 5.74) is 3.47. The maximum absolute atomic E-state index is 12.5. The Bertz CT molecular complexity index is 704. The average molecular weight is 351 g/mol. The summed E-state index contributed by atoms with van der Waals surface area (Å²) in [7, 11) is 0. The van der Waals surface area contributed by atoms with Crippen molar-refractivity contribution >= 4 is 11.7 Å². The summed E-state index contributed by atoms with van der Waals surface area (Å²) < 4.78 is 0. The van der Waals surface area contributed by atoms with Gasteiger partial charge in [-0.2, -0.15) is 0 Å². The van der Waals surface area contributed by atoms with Crippen molar-refractivity contribution in [2.24, 2.45) is 0 Å². The summed E-state index contributed by atoms with van der Waals surface area (Å²) in [5.74, 6) is 0.499. The highest BCUT2D eigenvalue weighted by molar-refractivity contribution is 5.89.